The molecule has 3 heterocycles. The van der Waals surface area contributed by atoms with E-state index in [1.807, 2.05) is 0 Å². The van der Waals surface area contributed by atoms with Crippen molar-refractivity contribution in [3.8, 4) is 0 Å². The highest BCUT2D eigenvalue weighted by molar-refractivity contribution is 5.30. The Labute approximate surface area is 153 Å². The molecule has 0 unspecified atom stereocenters. The molecule has 0 radical (unpaired) electrons. The molecule has 2 aliphatic rings. The molecule has 5 nitrogen and oxygen atoms in total. The van der Waals surface area contributed by atoms with E-state index in [9.17, 15) is 4.39 Å². The summed E-state index contributed by atoms with van der Waals surface area (Å²) >= 11 is 0. The van der Waals surface area contributed by atoms with Gasteiger partial charge < -0.3 is 9.64 Å². The smallest absolute Gasteiger partial charge is 0.225 e. The van der Waals surface area contributed by atoms with E-state index in [-0.39, 0.29) is 5.41 Å². The molecule has 138 valence electrons. The van der Waals surface area contributed by atoms with Crippen molar-refractivity contribution < 1.29 is 9.13 Å². The standard InChI is InChI=1S/C20H25FN4O/c21-18-11-22-19(23-12-18)25-9-10-26-16-20(15-25)7-4-8-24(14-20)13-17-5-2-1-3-6-17/h1-3,5-6,11-12H,4,7-10,13-16H2/t20-/m1/s1. The van der Waals surface area contributed by atoms with Crippen molar-refractivity contribution in [3.63, 3.8) is 0 Å². The molecular formula is C20H25FN4O. The normalized spacial score (nSPS) is 24.6. The summed E-state index contributed by atoms with van der Waals surface area (Å²) in [5, 5.41) is 0. The van der Waals surface area contributed by atoms with Crippen molar-refractivity contribution in [1.82, 2.24) is 14.9 Å². The fraction of sp³-hybridized carbons (Fsp3) is 0.500. The van der Waals surface area contributed by atoms with Crippen LogP contribution in [-0.2, 0) is 11.3 Å². The molecule has 1 aromatic heterocycles. The molecule has 6 heteroatoms. The van der Waals surface area contributed by atoms with Crippen LogP contribution in [-0.4, -0.2) is 54.3 Å². The maximum absolute atomic E-state index is 13.2. The average Bonchev–Trinajstić information content (AvgIpc) is 2.86. The quantitative estimate of drug-likeness (QED) is 0.846. The second-order valence-electron chi connectivity index (χ2n) is 7.48. The molecule has 1 atom stereocenters. The van der Waals surface area contributed by atoms with Crippen LogP contribution >= 0.6 is 0 Å². The number of hydrogen-bond acceptors (Lipinski definition) is 5. The van der Waals surface area contributed by atoms with Gasteiger partial charge in [-0.2, -0.15) is 0 Å². The summed E-state index contributed by atoms with van der Waals surface area (Å²) in [5.74, 6) is 0.192. The lowest BCUT2D eigenvalue weighted by Crippen LogP contribution is -2.50. The Morgan fingerprint density at radius 1 is 1.08 bits per heavy atom. The monoisotopic (exact) mass is 356 g/mol. The van der Waals surface area contributed by atoms with Gasteiger partial charge in [0.15, 0.2) is 5.82 Å². The first-order valence-electron chi connectivity index (χ1n) is 9.29. The Morgan fingerprint density at radius 3 is 2.69 bits per heavy atom. The molecule has 2 aromatic rings. The molecule has 0 aliphatic carbocycles. The number of ether oxygens (including phenoxy) is 1. The number of piperidine rings is 1. The minimum absolute atomic E-state index is 0.0707. The van der Waals surface area contributed by atoms with Crippen molar-refractivity contribution in [3.05, 3.63) is 54.1 Å². The van der Waals surface area contributed by atoms with Gasteiger partial charge in [-0.05, 0) is 24.9 Å². The minimum atomic E-state index is -0.402. The fourth-order valence-corrected chi connectivity index (χ4v) is 4.17. The number of halogens is 1. The van der Waals surface area contributed by atoms with Crippen LogP contribution in [0, 0.1) is 11.2 Å². The number of nitrogens with zero attached hydrogens (tertiary/aromatic N) is 4. The Morgan fingerprint density at radius 2 is 1.88 bits per heavy atom. The van der Waals surface area contributed by atoms with Gasteiger partial charge in [0, 0.05) is 31.6 Å². The van der Waals surface area contributed by atoms with Crippen molar-refractivity contribution in [2.24, 2.45) is 5.41 Å². The summed E-state index contributed by atoms with van der Waals surface area (Å²) < 4.78 is 19.1. The van der Waals surface area contributed by atoms with Gasteiger partial charge in [-0.25, -0.2) is 14.4 Å². The van der Waals surface area contributed by atoms with Crippen LogP contribution in [0.2, 0.25) is 0 Å². The van der Waals surface area contributed by atoms with Crippen molar-refractivity contribution in [2.75, 3.05) is 44.3 Å². The van der Waals surface area contributed by atoms with Crippen molar-refractivity contribution >= 4 is 5.95 Å². The first-order valence-corrected chi connectivity index (χ1v) is 9.29. The molecule has 2 fully saturated rings. The van der Waals surface area contributed by atoms with Crippen LogP contribution < -0.4 is 4.90 Å². The summed E-state index contributed by atoms with van der Waals surface area (Å²) in [4.78, 5) is 13.0. The number of benzene rings is 1. The number of likely N-dealkylation sites (tertiary alicyclic amines) is 1. The average molecular weight is 356 g/mol. The van der Waals surface area contributed by atoms with E-state index >= 15 is 0 Å². The van der Waals surface area contributed by atoms with Gasteiger partial charge in [-0.1, -0.05) is 30.3 Å². The number of hydrogen-bond donors (Lipinski definition) is 0. The third-order valence-corrected chi connectivity index (χ3v) is 5.32. The molecule has 0 amide bonds. The highest BCUT2D eigenvalue weighted by atomic mass is 19.1. The van der Waals surface area contributed by atoms with Crippen LogP contribution in [0.4, 0.5) is 10.3 Å². The number of aromatic nitrogens is 2. The molecule has 2 aliphatic heterocycles. The zero-order chi connectivity index (χ0) is 17.8. The summed E-state index contributed by atoms with van der Waals surface area (Å²) in [7, 11) is 0. The predicted molar refractivity (Wildman–Crippen MR) is 98.4 cm³/mol. The molecule has 0 saturated carbocycles. The topological polar surface area (TPSA) is 41.5 Å². The lowest BCUT2D eigenvalue weighted by Gasteiger charge is -2.43. The van der Waals surface area contributed by atoms with Gasteiger partial charge in [0.2, 0.25) is 5.95 Å². The lowest BCUT2D eigenvalue weighted by molar-refractivity contribution is 0.0106. The van der Waals surface area contributed by atoms with Gasteiger partial charge in [0.1, 0.15) is 0 Å². The third-order valence-electron chi connectivity index (χ3n) is 5.32. The summed E-state index contributed by atoms with van der Waals surface area (Å²) in [5.41, 5.74) is 1.42. The van der Waals surface area contributed by atoms with E-state index < -0.39 is 5.82 Å². The Kier molecular flexibility index (Phi) is 5.13. The van der Waals surface area contributed by atoms with Gasteiger partial charge in [0.05, 0.1) is 25.6 Å². The summed E-state index contributed by atoms with van der Waals surface area (Å²) in [6, 6.07) is 10.6. The van der Waals surface area contributed by atoms with Gasteiger partial charge >= 0.3 is 0 Å². The fourth-order valence-electron chi connectivity index (χ4n) is 4.17. The van der Waals surface area contributed by atoms with Crippen LogP contribution in [0.15, 0.2) is 42.7 Å². The van der Waals surface area contributed by atoms with Gasteiger partial charge in [-0.3, -0.25) is 4.90 Å². The molecular weight excluding hydrogens is 331 g/mol. The summed E-state index contributed by atoms with van der Waals surface area (Å²) in [6.45, 7) is 6.09. The number of anilines is 1. The van der Waals surface area contributed by atoms with E-state index in [4.69, 9.17) is 4.74 Å². The van der Waals surface area contributed by atoms with Crippen LogP contribution in [0.25, 0.3) is 0 Å². The van der Waals surface area contributed by atoms with E-state index in [2.05, 4.69) is 50.1 Å². The largest absolute Gasteiger partial charge is 0.379 e. The predicted octanol–water partition coefficient (Wildman–Crippen LogP) is 2.73. The molecule has 0 N–H and O–H groups in total. The Balaban J connectivity index is 1.49. The van der Waals surface area contributed by atoms with E-state index in [1.165, 1.54) is 18.0 Å². The number of rotatable bonds is 3. The van der Waals surface area contributed by atoms with E-state index in [0.717, 1.165) is 52.2 Å². The van der Waals surface area contributed by atoms with Crippen molar-refractivity contribution in [2.45, 2.75) is 19.4 Å². The first kappa shape index (κ1) is 17.4. The summed E-state index contributed by atoms with van der Waals surface area (Å²) in [6.07, 6.45) is 4.77. The minimum Gasteiger partial charge on any atom is -0.379 e. The van der Waals surface area contributed by atoms with Crippen LogP contribution in [0.1, 0.15) is 18.4 Å². The second-order valence-corrected chi connectivity index (χ2v) is 7.48. The SMILES string of the molecule is Fc1cnc(N2CCOC[C@@]3(CCCN(Cc4ccccc4)C3)C2)nc1. The lowest BCUT2D eigenvalue weighted by atomic mass is 9.80. The molecule has 1 aromatic carbocycles. The van der Waals surface area contributed by atoms with Crippen LogP contribution in [0.5, 0.6) is 0 Å². The maximum atomic E-state index is 13.2. The van der Waals surface area contributed by atoms with Gasteiger partial charge in [0.25, 0.3) is 0 Å². The highest BCUT2D eigenvalue weighted by Gasteiger charge is 2.39. The van der Waals surface area contributed by atoms with Crippen molar-refractivity contribution in [1.29, 1.82) is 0 Å². The molecule has 2 saturated heterocycles. The second kappa shape index (κ2) is 7.68. The molecule has 0 bridgehead atoms. The maximum Gasteiger partial charge on any atom is 0.225 e. The Hall–Kier alpha value is -2.05. The molecule has 4 rings (SSSR count). The zero-order valence-corrected chi connectivity index (χ0v) is 15.0. The molecule has 26 heavy (non-hydrogen) atoms. The van der Waals surface area contributed by atoms with Crippen LogP contribution in [0.3, 0.4) is 0 Å². The highest BCUT2D eigenvalue weighted by Crippen LogP contribution is 2.34. The first-order chi connectivity index (χ1) is 12.7. The molecule has 1 spiro atoms. The Bertz CT molecular complexity index is 712. The zero-order valence-electron chi connectivity index (χ0n) is 15.0. The van der Waals surface area contributed by atoms with Gasteiger partial charge in [-0.15, -0.1) is 0 Å². The van der Waals surface area contributed by atoms with E-state index in [1.54, 1.807) is 0 Å². The third kappa shape index (κ3) is 4.02. The van der Waals surface area contributed by atoms with E-state index in [0.29, 0.717) is 12.6 Å².